The van der Waals surface area contributed by atoms with Gasteiger partial charge in [0.2, 0.25) is 0 Å². The van der Waals surface area contributed by atoms with Crippen molar-refractivity contribution in [1.29, 1.82) is 0 Å². The van der Waals surface area contributed by atoms with E-state index in [1.54, 1.807) is 11.3 Å². The molecule has 0 spiro atoms. The first-order valence-corrected chi connectivity index (χ1v) is 11.9. The van der Waals surface area contributed by atoms with Crippen molar-refractivity contribution in [1.82, 2.24) is 40.4 Å². The van der Waals surface area contributed by atoms with Crippen molar-refractivity contribution in [3.8, 4) is 22.6 Å². The Morgan fingerprint density at radius 1 is 1.12 bits per heavy atom. The van der Waals surface area contributed by atoms with Crippen molar-refractivity contribution in [2.24, 2.45) is 0 Å². The summed E-state index contributed by atoms with van der Waals surface area (Å²) in [5, 5.41) is 12.8. The van der Waals surface area contributed by atoms with E-state index in [0.29, 0.717) is 18.1 Å². The molecule has 3 atom stereocenters. The summed E-state index contributed by atoms with van der Waals surface area (Å²) < 4.78 is 0. The Balaban J connectivity index is 1.22. The summed E-state index contributed by atoms with van der Waals surface area (Å²) in [6.45, 7) is 0. The summed E-state index contributed by atoms with van der Waals surface area (Å²) in [6.07, 6.45) is 12.5. The van der Waals surface area contributed by atoms with Crippen molar-refractivity contribution < 1.29 is 0 Å². The van der Waals surface area contributed by atoms with E-state index in [9.17, 15) is 0 Å². The number of hydrogen-bond donors (Lipinski definition) is 4. The van der Waals surface area contributed by atoms with Gasteiger partial charge in [0, 0.05) is 60.3 Å². The molecular formula is C22H23N9S. The van der Waals surface area contributed by atoms with E-state index in [2.05, 4.69) is 43.5 Å². The zero-order valence-corrected chi connectivity index (χ0v) is 18.4. The Labute approximate surface area is 187 Å². The fraction of sp³-hybridized carbons (Fsp3) is 0.364. The highest BCUT2D eigenvalue weighted by Crippen LogP contribution is 2.36. The van der Waals surface area contributed by atoms with Crippen LogP contribution < -0.4 is 10.2 Å². The lowest BCUT2D eigenvalue weighted by molar-refractivity contribution is 0.354. The zero-order valence-electron chi connectivity index (χ0n) is 17.6. The minimum Gasteiger partial charge on any atom is -0.359 e. The standard InChI is InChI=1S/C22H23N9S/c1-31(14-6-12-2-3-13(7-14)27-12)22-30-20-21(32-22)29-19(28-20)18-17-15(4-5-23-17)16(10-24-18)11-8-25-26-9-11/h4-5,8-10,12-14,23,27H,2-3,6-7H2,1H3,(H,25,26)(H,28,29)/t12-,13+,14?. The van der Waals surface area contributed by atoms with Gasteiger partial charge in [-0.3, -0.25) is 10.1 Å². The Morgan fingerprint density at radius 2 is 2.00 bits per heavy atom. The van der Waals surface area contributed by atoms with Crippen LogP contribution in [0.4, 0.5) is 5.13 Å². The fourth-order valence-electron chi connectivity index (χ4n) is 5.32. The first-order chi connectivity index (χ1) is 15.7. The number of H-pyrrole nitrogens is 3. The highest BCUT2D eigenvalue weighted by Gasteiger charge is 2.36. The molecule has 2 aliphatic rings. The topological polar surface area (TPSA) is 114 Å². The maximum Gasteiger partial charge on any atom is 0.189 e. The van der Waals surface area contributed by atoms with Gasteiger partial charge in [-0.25, -0.2) is 9.97 Å². The van der Waals surface area contributed by atoms with E-state index in [4.69, 9.17) is 15.0 Å². The van der Waals surface area contributed by atoms with Gasteiger partial charge in [0.05, 0.1) is 11.7 Å². The Bertz CT molecular complexity index is 1370. The first kappa shape index (κ1) is 18.3. The van der Waals surface area contributed by atoms with Crippen molar-refractivity contribution in [3.05, 3.63) is 30.9 Å². The van der Waals surface area contributed by atoms with Crippen molar-refractivity contribution in [3.63, 3.8) is 0 Å². The zero-order chi connectivity index (χ0) is 21.2. The molecule has 9 nitrogen and oxygen atoms in total. The molecule has 32 heavy (non-hydrogen) atoms. The van der Waals surface area contributed by atoms with Gasteiger partial charge in [-0.1, -0.05) is 11.3 Å². The molecule has 1 unspecified atom stereocenters. The van der Waals surface area contributed by atoms with E-state index in [-0.39, 0.29) is 0 Å². The number of anilines is 1. The molecule has 0 amide bonds. The number of nitrogens with zero attached hydrogens (tertiary/aromatic N) is 5. The number of nitrogens with one attached hydrogen (secondary N) is 4. The predicted molar refractivity (Wildman–Crippen MR) is 126 cm³/mol. The van der Waals surface area contributed by atoms with Crippen LogP contribution in [-0.4, -0.2) is 60.3 Å². The molecular weight excluding hydrogens is 422 g/mol. The summed E-state index contributed by atoms with van der Waals surface area (Å²) >= 11 is 1.65. The quantitative estimate of drug-likeness (QED) is 0.336. The molecule has 5 aromatic heterocycles. The minimum absolute atomic E-state index is 0.541. The lowest BCUT2D eigenvalue weighted by Crippen LogP contribution is -2.47. The SMILES string of the molecule is CN(c1nc2[nH]c(-c3ncc(-c4cn[nH]c4)c4cc[nH]c34)nc2s1)C1C[C@H]2CC[C@@H](C1)N2. The summed E-state index contributed by atoms with van der Waals surface area (Å²) in [6, 6.07) is 3.93. The molecule has 2 fully saturated rings. The fourth-order valence-corrected chi connectivity index (χ4v) is 6.26. The summed E-state index contributed by atoms with van der Waals surface area (Å²) in [5.74, 6) is 0.735. The van der Waals surface area contributed by atoms with Crippen LogP contribution in [0.25, 0.3) is 44.0 Å². The number of thiazole rings is 1. The minimum atomic E-state index is 0.541. The van der Waals surface area contributed by atoms with Gasteiger partial charge >= 0.3 is 0 Å². The van der Waals surface area contributed by atoms with Crippen LogP contribution in [0.1, 0.15) is 25.7 Å². The van der Waals surface area contributed by atoms with Crippen LogP contribution >= 0.6 is 11.3 Å². The third kappa shape index (κ3) is 2.79. The third-order valence-electron chi connectivity index (χ3n) is 6.98. The smallest absolute Gasteiger partial charge is 0.189 e. The number of rotatable bonds is 4. The van der Waals surface area contributed by atoms with Crippen LogP contribution in [0, 0.1) is 0 Å². The number of piperidine rings is 1. The molecule has 2 saturated heterocycles. The first-order valence-electron chi connectivity index (χ1n) is 11.0. The molecule has 2 bridgehead atoms. The van der Waals surface area contributed by atoms with Crippen molar-refractivity contribution >= 4 is 37.8 Å². The van der Waals surface area contributed by atoms with Gasteiger partial charge < -0.3 is 20.2 Å². The molecule has 0 radical (unpaired) electrons. The van der Waals surface area contributed by atoms with Crippen LogP contribution in [0.3, 0.4) is 0 Å². The average Bonchev–Trinajstić information content (AvgIpc) is 3.60. The number of fused-ring (bicyclic) bond motifs is 4. The van der Waals surface area contributed by atoms with E-state index in [0.717, 1.165) is 49.2 Å². The summed E-state index contributed by atoms with van der Waals surface area (Å²) in [5.41, 5.74) is 4.61. The predicted octanol–water partition coefficient (Wildman–Crippen LogP) is 3.67. The number of pyridine rings is 1. The van der Waals surface area contributed by atoms with Gasteiger partial charge in [-0.15, -0.1) is 0 Å². The number of aromatic amines is 3. The number of hydrogen-bond acceptors (Lipinski definition) is 7. The van der Waals surface area contributed by atoms with E-state index in [1.807, 2.05) is 24.8 Å². The molecule has 0 saturated carbocycles. The normalized spacial score (nSPS) is 22.8. The van der Waals surface area contributed by atoms with Gasteiger partial charge in [-0.05, 0) is 31.7 Å². The van der Waals surface area contributed by atoms with Crippen LogP contribution in [0.15, 0.2) is 30.9 Å². The monoisotopic (exact) mass is 445 g/mol. The molecule has 7 rings (SSSR count). The molecule has 7 heterocycles. The highest BCUT2D eigenvalue weighted by molar-refractivity contribution is 7.21. The van der Waals surface area contributed by atoms with Gasteiger partial charge in [0.15, 0.2) is 21.4 Å². The number of aromatic nitrogens is 7. The van der Waals surface area contributed by atoms with Crippen LogP contribution in [0.5, 0.6) is 0 Å². The van der Waals surface area contributed by atoms with Crippen LogP contribution in [0.2, 0.25) is 0 Å². The maximum absolute atomic E-state index is 4.89. The van der Waals surface area contributed by atoms with Crippen molar-refractivity contribution in [2.75, 3.05) is 11.9 Å². The molecule has 4 N–H and O–H groups in total. The van der Waals surface area contributed by atoms with E-state index in [1.165, 1.54) is 25.7 Å². The highest BCUT2D eigenvalue weighted by atomic mass is 32.1. The van der Waals surface area contributed by atoms with E-state index >= 15 is 0 Å². The van der Waals surface area contributed by atoms with Crippen LogP contribution in [-0.2, 0) is 0 Å². The maximum atomic E-state index is 4.89. The van der Waals surface area contributed by atoms with Gasteiger partial charge in [-0.2, -0.15) is 5.10 Å². The van der Waals surface area contributed by atoms with Gasteiger partial charge in [0.25, 0.3) is 0 Å². The molecule has 10 heteroatoms. The average molecular weight is 446 g/mol. The number of imidazole rings is 1. The van der Waals surface area contributed by atoms with E-state index < -0.39 is 0 Å². The lowest BCUT2D eigenvalue weighted by atomic mass is 9.99. The van der Waals surface area contributed by atoms with Gasteiger partial charge in [0.1, 0.15) is 5.69 Å². The third-order valence-corrected chi connectivity index (χ3v) is 8.02. The molecule has 5 aromatic rings. The second-order valence-electron chi connectivity index (χ2n) is 8.88. The summed E-state index contributed by atoms with van der Waals surface area (Å²) in [7, 11) is 2.17. The van der Waals surface area contributed by atoms with Crippen molar-refractivity contribution in [2.45, 2.75) is 43.8 Å². The largest absolute Gasteiger partial charge is 0.359 e. The molecule has 0 aliphatic carbocycles. The molecule has 162 valence electrons. The second-order valence-corrected chi connectivity index (χ2v) is 9.84. The summed E-state index contributed by atoms with van der Waals surface area (Å²) in [4.78, 5) is 24.5. The Hall–Kier alpha value is -3.24. The molecule has 0 aromatic carbocycles. The lowest BCUT2D eigenvalue weighted by Gasteiger charge is -2.35. The Morgan fingerprint density at radius 3 is 2.78 bits per heavy atom. The molecule has 2 aliphatic heterocycles. The second kappa shape index (κ2) is 6.88. The Kier molecular flexibility index (Phi) is 3.94.